The van der Waals surface area contributed by atoms with Crippen molar-refractivity contribution < 1.29 is 23.1 Å². The molecule has 2 heterocycles. The Morgan fingerprint density at radius 3 is 2.22 bits per heavy atom. The fraction of sp³-hybridized carbons (Fsp3) is 0.158. The second-order valence-corrected chi connectivity index (χ2v) is 7.01. The number of hydrogen-bond acceptors (Lipinski definition) is 3. The Morgan fingerprint density at radius 2 is 1.78 bits per heavy atom. The van der Waals surface area contributed by atoms with E-state index in [1.807, 2.05) is 18.4 Å². The van der Waals surface area contributed by atoms with Crippen molar-refractivity contribution in [3.05, 3.63) is 57.5 Å². The van der Waals surface area contributed by atoms with Gasteiger partial charge in [-0.05, 0) is 35.1 Å². The second kappa shape index (κ2) is 6.59. The van der Waals surface area contributed by atoms with E-state index in [2.05, 4.69) is 0 Å². The van der Waals surface area contributed by atoms with Gasteiger partial charge in [-0.1, -0.05) is 24.3 Å². The molecule has 3 aromatic rings. The largest absolute Gasteiger partial charge is 0.477 e. The summed E-state index contributed by atoms with van der Waals surface area (Å²) in [5.74, 6) is -1.53. The molecule has 0 unspecified atom stereocenters. The van der Waals surface area contributed by atoms with Crippen molar-refractivity contribution in [3.8, 4) is 28.3 Å². The summed E-state index contributed by atoms with van der Waals surface area (Å²) >= 11 is 1.57. The number of benzene rings is 1. The van der Waals surface area contributed by atoms with Crippen LogP contribution < -0.4 is 0 Å². The van der Waals surface area contributed by atoms with E-state index < -0.39 is 29.1 Å². The molecule has 0 saturated carbocycles. The van der Waals surface area contributed by atoms with E-state index in [1.165, 1.54) is 18.2 Å². The molecule has 4 nitrogen and oxygen atoms in total. The Kier molecular flexibility index (Phi) is 4.57. The third-order valence-corrected chi connectivity index (χ3v) is 5.17. The van der Waals surface area contributed by atoms with Gasteiger partial charge in [0, 0.05) is 17.5 Å². The van der Waals surface area contributed by atoms with Crippen molar-refractivity contribution in [1.29, 1.82) is 5.26 Å². The lowest BCUT2D eigenvalue weighted by molar-refractivity contribution is -0.143. The van der Waals surface area contributed by atoms with Crippen molar-refractivity contribution in [2.45, 2.75) is 13.1 Å². The normalized spacial score (nSPS) is 11.4. The summed E-state index contributed by atoms with van der Waals surface area (Å²) in [6, 6.07) is 9.95. The molecule has 0 radical (unpaired) electrons. The Balaban J connectivity index is 2.24. The summed E-state index contributed by atoms with van der Waals surface area (Å²) in [4.78, 5) is 12.7. The van der Waals surface area contributed by atoms with Crippen LogP contribution in [0.5, 0.6) is 0 Å². The van der Waals surface area contributed by atoms with E-state index in [4.69, 9.17) is 0 Å². The van der Waals surface area contributed by atoms with Crippen LogP contribution in [0.1, 0.15) is 26.6 Å². The lowest BCUT2D eigenvalue weighted by Crippen LogP contribution is -2.15. The number of carboxylic acids is 1. The van der Waals surface area contributed by atoms with Crippen LogP contribution in [0.4, 0.5) is 13.2 Å². The van der Waals surface area contributed by atoms with Crippen molar-refractivity contribution in [3.63, 3.8) is 0 Å². The number of nitriles is 1. The third kappa shape index (κ3) is 3.11. The predicted octanol–water partition coefficient (Wildman–Crippen LogP) is 5.32. The SMILES string of the molecule is Cc1sccc1-c1ccc(-c2c(C#N)c(C(F)(F)F)n(C)c2C(=O)O)cc1. The Morgan fingerprint density at radius 1 is 1.19 bits per heavy atom. The average Bonchev–Trinajstić information content (AvgIpc) is 3.15. The number of aryl methyl sites for hydroxylation is 1. The van der Waals surface area contributed by atoms with E-state index >= 15 is 0 Å². The highest BCUT2D eigenvalue weighted by molar-refractivity contribution is 7.10. The van der Waals surface area contributed by atoms with Gasteiger partial charge in [0.2, 0.25) is 0 Å². The summed E-state index contributed by atoms with van der Waals surface area (Å²) in [7, 11) is 1.000. The number of aromatic carboxylic acids is 1. The number of rotatable bonds is 3. The maximum Gasteiger partial charge on any atom is 0.432 e. The standard InChI is InChI=1S/C19H13F3N2O2S/c1-10-13(7-8-27-10)11-3-5-12(6-4-11)15-14(9-23)17(19(20,21)22)24(2)16(15)18(25)26/h3-8H,1-2H3,(H,25,26). The predicted molar refractivity (Wildman–Crippen MR) is 95.6 cm³/mol. The molecule has 3 rings (SSSR count). The zero-order valence-electron chi connectivity index (χ0n) is 14.3. The van der Waals surface area contributed by atoms with Crippen LogP contribution in [0, 0.1) is 18.3 Å². The van der Waals surface area contributed by atoms with Crippen LogP contribution in [-0.4, -0.2) is 15.6 Å². The minimum atomic E-state index is -4.85. The van der Waals surface area contributed by atoms with Gasteiger partial charge in [0.1, 0.15) is 17.5 Å². The first-order valence-corrected chi connectivity index (χ1v) is 8.63. The van der Waals surface area contributed by atoms with Gasteiger partial charge in [-0.25, -0.2) is 4.79 Å². The molecule has 0 spiro atoms. The Hall–Kier alpha value is -3.05. The van der Waals surface area contributed by atoms with E-state index in [1.54, 1.807) is 23.5 Å². The topological polar surface area (TPSA) is 66.0 Å². The van der Waals surface area contributed by atoms with Gasteiger partial charge in [0.15, 0.2) is 0 Å². The molecule has 1 N–H and O–H groups in total. The summed E-state index contributed by atoms with van der Waals surface area (Å²) < 4.78 is 40.7. The first kappa shape index (κ1) is 18.7. The van der Waals surface area contributed by atoms with Crippen molar-refractivity contribution >= 4 is 17.3 Å². The Bertz CT molecular complexity index is 1070. The molecule has 0 saturated heterocycles. The molecule has 0 aliphatic heterocycles. The molecule has 0 amide bonds. The molecule has 2 aromatic heterocycles. The quantitative estimate of drug-likeness (QED) is 0.658. The molecule has 1 aromatic carbocycles. The first-order chi connectivity index (χ1) is 12.7. The van der Waals surface area contributed by atoms with Gasteiger partial charge in [0.25, 0.3) is 0 Å². The molecule has 27 heavy (non-hydrogen) atoms. The second-order valence-electron chi connectivity index (χ2n) is 5.89. The number of alkyl halides is 3. The summed E-state index contributed by atoms with van der Waals surface area (Å²) in [5, 5.41) is 20.7. The van der Waals surface area contributed by atoms with Gasteiger partial charge in [0.05, 0.1) is 5.56 Å². The van der Waals surface area contributed by atoms with Crippen LogP contribution in [0.15, 0.2) is 35.7 Å². The fourth-order valence-electron chi connectivity index (χ4n) is 3.16. The highest BCUT2D eigenvalue weighted by Gasteiger charge is 2.41. The van der Waals surface area contributed by atoms with Crippen LogP contribution in [-0.2, 0) is 13.2 Å². The van der Waals surface area contributed by atoms with E-state index in [9.17, 15) is 28.3 Å². The van der Waals surface area contributed by atoms with Crippen LogP contribution in [0.3, 0.4) is 0 Å². The number of halogens is 3. The molecule has 138 valence electrons. The number of hydrogen-bond donors (Lipinski definition) is 1. The van der Waals surface area contributed by atoms with Gasteiger partial charge in [-0.3, -0.25) is 0 Å². The molecule has 8 heteroatoms. The molecule has 0 fully saturated rings. The maximum absolute atomic E-state index is 13.4. The minimum Gasteiger partial charge on any atom is -0.477 e. The van der Waals surface area contributed by atoms with Crippen molar-refractivity contribution in [2.24, 2.45) is 7.05 Å². The number of carboxylic acid groups (broad SMARTS) is 1. The Labute approximate surface area is 156 Å². The smallest absolute Gasteiger partial charge is 0.432 e. The fourth-order valence-corrected chi connectivity index (χ4v) is 3.88. The van der Waals surface area contributed by atoms with Crippen LogP contribution >= 0.6 is 11.3 Å². The number of nitrogens with zero attached hydrogens (tertiary/aromatic N) is 2. The van der Waals surface area contributed by atoms with Gasteiger partial charge >= 0.3 is 12.1 Å². The number of aromatic nitrogens is 1. The van der Waals surface area contributed by atoms with Gasteiger partial charge in [-0.15, -0.1) is 11.3 Å². The molecular formula is C19H13F3N2O2S. The average molecular weight is 390 g/mol. The van der Waals surface area contributed by atoms with Crippen LogP contribution in [0.25, 0.3) is 22.3 Å². The maximum atomic E-state index is 13.4. The zero-order valence-corrected chi connectivity index (χ0v) is 15.1. The van der Waals surface area contributed by atoms with E-state index in [0.717, 1.165) is 23.1 Å². The minimum absolute atomic E-state index is 0.228. The summed E-state index contributed by atoms with van der Waals surface area (Å²) in [6.07, 6.45) is -4.85. The lowest BCUT2D eigenvalue weighted by Gasteiger charge is -2.08. The monoisotopic (exact) mass is 390 g/mol. The van der Waals surface area contributed by atoms with Gasteiger partial charge < -0.3 is 9.67 Å². The third-order valence-electron chi connectivity index (χ3n) is 4.32. The van der Waals surface area contributed by atoms with E-state index in [0.29, 0.717) is 4.57 Å². The van der Waals surface area contributed by atoms with E-state index in [-0.39, 0.29) is 11.1 Å². The zero-order chi connectivity index (χ0) is 19.9. The number of carbonyl (C=O) groups is 1. The van der Waals surface area contributed by atoms with Crippen molar-refractivity contribution in [1.82, 2.24) is 4.57 Å². The molecule has 0 bridgehead atoms. The first-order valence-electron chi connectivity index (χ1n) is 7.75. The summed E-state index contributed by atoms with van der Waals surface area (Å²) in [5.41, 5.74) is -0.662. The van der Waals surface area contributed by atoms with Crippen LogP contribution in [0.2, 0.25) is 0 Å². The van der Waals surface area contributed by atoms with Gasteiger partial charge in [-0.2, -0.15) is 18.4 Å². The highest BCUT2D eigenvalue weighted by atomic mass is 32.1. The summed E-state index contributed by atoms with van der Waals surface area (Å²) in [6.45, 7) is 1.96. The molecule has 0 aliphatic carbocycles. The molecular weight excluding hydrogens is 377 g/mol. The van der Waals surface area contributed by atoms with Crippen molar-refractivity contribution in [2.75, 3.05) is 0 Å². The number of thiophene rings is 1. The highest BCUT2D eigenvalue weighted by Crippen LogP contribution is 2.41. The lowest BCUT2D eigenvalue weighted by atomic mass is 9.97. The molecule has 0 atom stereocenters. The molecule has 0 aliphatic rings.